The molecule has 9 heteroatoms. The minimum Gasteiger partial charge on any atom is -0.491 e. The van der Waals surface area contributed by atoms with Gasteiger partial charge in [0.25, 0.3) is 0 Å². The predicted molar refractivity (Wildman–Crippen MR) is 133 cm³/mol. The zero-order valence-electron chi connectivity index (χ0n) is 19.4. The number of benzene rings is 2. The van der Waals surface area contributed by atoms with Gasteiger partial charge in [-0.3, -0.25) is 4.90 Å². The summed E-state index contributed by atoms with van der Waals surface area (Å²) >= 11 is 6.27. The highest BCUT2D eigenvalue weighted by atomic mass is 35.5. The fraction of sp³-hybridized carbons (Fsp3) is 0.308. The Morgan fingerprint density at radius 2 is 2.11 bits per heavy atom. The number of nitrogens with one attached hydrogen (secondary N) is 1. The molecule has 5 rings (SSSR count). The maximum atomic E-state index is 12.8. The molecule has 2 aromatic carbocycles. The fourth-order valence-electron chi connectivity index (χ4n) is 4.64. The van der Waals surface area contributed by atoms with E-state index in [0.29, 0.717) is 36.9 Å². The maximum Gasteiger partial charge on any atom is 0.410 e. The molecule has 8 nitrogen and oxygen atoms in total. The number of aromatic nitrogens is 3. The third kappa shape index (κ3) is 4.85. The van der Waals surface area contributed by atoms with Crippen LogP contribution in [0, 0.1) is 0 Å². The lowest BCUT2D eigenvalue weighted by atomic mass is 9.92. The van der Waals surface area contributed by atoms with E-state index in [9.17, 15) is 9.90 Å². The van der Waals surface area contributed by atoms with Gasteiger partial charge in [0.1, 0.15) is 24.5 Å². The van der Waals surface area contributed by atoms with Gasteiger partial charge in [-0.05, 0) is 54.8 Å². The van der Waals surface area contributed by atoms with E-state index in [1.165, 1.54) is 0 Å². The number of aliphatic hydroxyl groups is 1. The lowest BCUT2D eigenvalue weighted by Gasteiger charge is -2.35. The molecule has 2 aromatic heterocycles. The van der Waals surface area contributed by atoms with Crippen molar-refractivity contribution in [2.45, 2.75) is 32.0 Å². The largest absolute Gasteiger partial charge is 0.491 e. The van der Waals surface area contributed by atoms with Gasteiger partial charge in [0.15, 0.2) is 0 Å². The molecule has 0 saturated carbocycles. The number of halogens is 1. The number of imidazole rings is 1. The van der Waals surface area contributed by atoms with E-state index in [1.807, 2.05) is 42.5 Å². The molecule has 2 atom stereocenters. The Kier molecular flexibility index (Phi) is 6.66. The van der Waals surface area contributed by atoms with Crippen LogP contribution in [0.15, 0.2) is 61.2 Å². The quantitative estimate of drug-likeness (QED) is 0.393. The van der Waals surface area contributed by atoms with Crippen LogP contribution in [0.5, 0.6) is 5.75 Å². The highest BCUT2D eigenvalue weighted by Gasteiger charge is 2.35. The number of ether oxygens (including phenoxy) is 2. The van der Waals surface area contributed by atoms with Gasteiger partial charge in [0.2, 0.25) is 0 Å². The summed E-state index contributed by atoms with van der Waals surface area (Å²) in [5, 5.41) is 12.0. The van der Waals surface area contributed by atoms with Crippen LogP contribution in [0.3, 0.4) is 0 Å². The number of carbonyl (C=O) groups is 1. The van der Waals surface area contributed by atoms with Crippen LogP contribution in [0.1, 0.15) is 29.8 Å². The van der Waals surface area contributed by atoms with Crippen LogP contribution in [0.4, 0.5) is 4.79 Å². The minimum atomic E-state index is -0.665. The minimum absolute atomic E-state index is 0.156. The van der Waals surface area contributed by atoms with Gasteiger partial charge in [-0.15, -0.1) is 0 Å². The molecule has 1 amide bonds. The highest BCUT2D eigenvalue weighted by molar-refractivity contribution is 6.31. The molecule has 0 radical (unpaired) electrons. The number of aromatic amines is 1. The maximum absolute atomic E-state index is 12.8. The number of carbonyl (C=O) groups excluding carboxylic acids is 1. The first-order valence-electron chi connectivity index (χ1n) is 11.6. The Morgan fingerprint density at radius 1 is 1.29 bits per heavy atom. The Bertz CT molecular complexity index is 1300. The smallest absolute Gasteiger partial charge is 0.410 e. The summed E-state index contributed by atoms with van der Waals surface area (Å²) in [5.41, 5.74) is 4.05. The van der Waals surface area contributed by atoms with Crippen LogP contribution in [0.2, 0.25) is 5.02 Å². The van der Waals surface area contributed by atoms with E-state index >= 15 is 0 Å². The van der Waals surface area contributed by atoms with Crippen molar-refractivity contribution in [2.75, 3.05) is 19.8 Å². The molecule has 4 aromatic rings. The third-order valence-electron chi connectivity index (χ3n) is 6.21. The van der Waals surface area contributed by atoms with Crippen LogP contribution in [-0.4, -0.2) is 56.5 Å². The molecule has 35 heavy (non-hydrogen) atoms. The molecule has 1 aliphatic heterocycles. The van der Waals surface area contributed by atoms with Crippen LogP contribution in [0.25, 0.3) is 10.9 Å². The van der Waals surface area contributed by atoms with Gasteiger partial charge in [0, 0.05) is 40.6 Å². The average Bonchev–Trinajstić information content (AvgIpc) is 3.50. The summed E-state index contributed by atoms with van der Waals surface area (Å²) < 4.78 is 13.0. The van der Waals surface area contributed by atoms with Crippen molar-refractivity contribution in [3.05, 3.63) is 83.0 Å². The molecule has 0 saturated heterocycles. The van der Waals surface area contributed by atoms with Crippen molar-refractivity contribution in [1.82, 2.24) is 19.4 Å². The Balaban J connectivity index is 1.39. The zero-order valence-corrected chi connectivity index (χ0v) is 20.1. The number of rotatable bonds is 7. The molecule has 2 unspecified atom stereocenters. The van der Waals surface area contributed by atoms with Gasteiger partial charge in [0.05, 0.1) is 19.5 Å². The summed E-state index contributed by atoms with van der Waals surface area (Å²) in [6.07, 6.45) is 4.82. The van der Waals surface area contributed by atoms with Crippen LogP contribution >= 0.6 is 11.6 Å². The molecule has 3 heterocycles. The molecule has 0 aliphatic carbocycles. The predicted octanol–water partition coefficient (Wildman–Crippen LogP) is 4.56. The molecular weight excluding hydrogens is 468 g/mol. The molecule has 0 fully saturated rings. The second kappa shape index (κ2) is 10.0. The number of hydrogen-bond donors (Lipinski definition) is 2. The van der Waals surface area contributed by atoms with Gasteiger partial charge in [-0.25, -0.2) is 9.78 Å². The van der Waals surface area contributed by atoms with E-state index in [2.05, 4.69) is 9.97 Å². The Labute approximate surface area is 208 Å². The molecule has 2 N–H and O–H groups in total. The van der Waals surface area contributed by atoms with Crippen molar-refractivity contribution in [1.29, 1.82) is 0 Å². The van der Waals surface area contributed by atoms with Gasteiger partial charge in [-0.2, -0.15) is 0 Å². The topological polar surface area (TPSA) is 92.6 Å². The molecule has 0 bridgehead atoms. The summed E-state index contributed by atoms with van der Waals surface area (Å²) in [7, 11) is 0. The number of aliphatic hydroxyl groups excluding tert-OH is 1. The van der Waals surface area contributed by atoms with Crippen LogP contribution < -0.4 is 4.74 Å². The lowest BCUT2D eigenvalue weighted by molar-refractivity contribution is 0.0915. The molecule has 182 valence electrons. The van der Waals surface area contributed by atoms with Crippen molar-refractivity contribution < 1.29 is 19.4 Å². The van der Waals surface area contributed by atoms with Crippen molar-refractivity contribution in [3.8, 4) is 5.75 Å². The highest BCUT2D eigenvalue weighted by Crippen LogP contribution is 2.39. The second-order valence-corrected chi connectivity index (χ2v) is 8.98. The summed E-state index contributed by atoms with van der Waals surface area (Å²) in [6, 6.07) is 13.1. The first-order valence-corrected chi connectivity index (χ1v) is 12.0. The van der Waals surface area contributed by atoms with E-state index < -0.39 is 6.10 Å². The van der Waals surface area contributed by atoms with Crippen LogP contribution in [-0.2, 0) is 17.7 Å². The van der Waals surface area contributed by atoms with E-state index in [1.54, 1.807) is 35.1 Å². The van der Waals surface area contributed by atoms with E-state index in [0.717, 1.165) is 27.7 Å². The summed E-state index contributed by atoms with van der Waals surface area (Å²) in [5.74, 6) is 0.639. The Morgan fingerprint density at radius 3 is 2.86 bits per heavy atom. The third-order valence-corrected chi connectivity index (χ3v) is 6.45. The SMILES string of the molecule is CCOC(=O)N1CCc2c([nH]c3ccc(Cl)cc23)C1c1ccc(OCC(O)Cn2ccnc2)cc1. The monoisotopic (exact) mass is 494 g/mol. The first-order chi connectivity index (χ1) is 17.0. The lowest BCUT2D eigenvalue weighted by Crippen LogP contribution is -2.40. The van der Waals surface area contributed by atoms with Gasteiger partial charge >= 0.3 is 6.09 Å². The van der Waals surface area contributed by atoms with Crippen molar-refractivity contribution in [3.63, 3.8) is 0 Å². The molecule has 0 spiro atoms. The number of nitrogens with zero attached hydrogens (tertiary/aromatic N) is 3. The van der Waals surface area contributed by atoms with Gasteiger partial charge < -0.3 is 24.1 Å². The Hall–Kier alpha value is -3.49. The van der Waals surface area contributed by atoms with E-state index in [4.69, 9.17) is 21.1 Å². The van der Waals surface area contributed by atoms with Crippen molar-refractivity contribution in [2.24, 2.45) is 0 Å². The zero-order chi connectivity index (χ0) is 24.4. The normalized spacial score (nSPS) is 16.2. The number of fused-ring (bicyclic) bond motifs is 3. The standard InChI is InChI=1S/C26H27ClN4O4/c1-2-34-26(33)31-11-9-21-22-13-18(27)5-8-23(22)29-24(21)25(31)17-3-6-20(7-4-17)35-15-19(32)14-30-12-10-28-16-30/h3-8,10,12-13,16,19,25,29,32H,2,9,11,14-15H2,1H3. The molecular formula is C26H27ClN4O4. The first kappa shape index (κ1) is 23.3. The fourth-order valence-corrected chi connectivity index (χ4v) is 4.81. The van der Waals surface area contributed by atoms with E-state index in [-0.39, 0.29) is 18.7 Å². The second-order valence-electron chi connectivity index (χ2n) is 8.55. The average molecular weight is 495 g/mol. The summed E-state index contributed by atoms with van der Waals surface area (Å²) in [6.45, 7) is 3.21. The van der Waals surface area contributed by atoms with Gasteiger partial charge in [-0.1, -0.05) is 23.7 Å². The number of amides is 1. The summed E-state index contributed by atoms with van der Waals surface area (Å²) in [4.78, 5) is 22.1. The number of hydrogen-bond acceptors (Lipinski definition) is 5. The molecule has 1 aliphatic rings. The van der Waals surface area contributed by atoms with Crippen molar-refractivity contribution >= 4 is 28.6 Å². The number of H-pyrrole nitrogens is 1.